The third-order valence-corrected chi connectivity index (χ3v) is 5.99. The number of hydrogen-bond acceptors (Lipinski definition) is 3. The minimum Gasteiger partial charge on any atom is -0.380 e. The van der Waals surface area contributed by atoms with Crippen LogP contribution in [0.1, 0.15) is 53.0 Å². The number of aromatic nitrogens is 1. The molecule has 1 N–H and O–H groups in total. The molecular weight excluding hydrogens is 418 g/mol. The zero-order chi connectivity index (χ0) is 22.7. The summed E-state index contributed by atoms with van der Waals surface area (Å²) in [6.45, 7) is 3.45. The fraction of sp³-hybridized carbons (Fsp3) is 0.143. The van der Waals surface area contributed by atoms with Crippen LogP contribution in [0.4, 0.5) is 0 Å². The van der Waals surface area contributed by atoms with E-state index in [1.54, 1.807) is 6.07 Å². The number of carbonyl (C=O) groups excluding carboxylic acids is 1. The number of carbonyl (C=O) groups is 1. The van der Waals surface area contributed by atoms with Gasteiger partial charge in [-0.25, -0.2) is 4.98 Å². The van der Waals surface area contributed by atoms with Crippen molar-refractivity contribution in [3.8, 4) is 0 Å². The van der Waals surface area contributed by atoms with E-state index in [-0.39, 0.29) is 5.78 Å². The average molecular weight is 442 g/mol. The van der Waals surface area contributed by atoms with Crippen molar-refractivity contribution in [3.63, 3.8) is 0 Å². The van der Waals surface area contributed by atoms with Gasteiger partial charge >= 0.3 is 0 Å². The zero-order valence-electron chi connectivity index (χ0n) is 18.0. The van der Waals surface area contributed by atoms with Crippen molar-refractivity contribution >= 4 is 40.4 Å². The maximum Gasteiger partial charge on any atom is 0.160 e. The van der Waals surface area contributed by atoms with Crippen LogP contribution in [0, 0.1) is 0 Å². The molecule has 160 valence electrons. The molecule has 0 bridgehead atoms. The molecule has 4 heteroatoms. The summed E-state index contributed by atoms with van der Waals surface area (Å²) in [7, 11) is 0. The lowest BCUT2D eigenvalue weighted by molar-refractivity contribution is 0.0739. The smallest absolute Gasteiger partial charge is 0.160 e. The lowest BCUT2D eigenvalue weighted by atomic mass is 9.80. The van der Waals surface area contributed by atoms with Gasteiger partial charge in [0.1, 0.15) is 5.60 Å². The first-order valence-electron chi connectivity index (χ1n) is 10.6. The van der Waals surface area contributed by atoms with Crippen molar-refractivity contribution in [2.45, 2.75) is 25.9 Å². The number of ketones is 1. The number of Topliss-reactive ketones (excluding diaryl/α,β-unsaturated/α-hetero) is 1. The standard InChI is InChI=1S/C28H24ClNO2/c1-3-28(32,26-10-5-4-9-25(26)19(2)31)22-8-6-7-20(17-22)11-15-24-16-13-21-12-14-23(29)18-27(21)30-24/h4-18,32H,3H2,1-2H3/t28-/m0/s1. The minimum absolute atomic E-state index is 0.0639. The third-order valence-electron chi connectivity index (χ3n) is 5.75. The molecule has 0 aliphatic heterocycles. The van der Waals surface area contributed by atoms with Crippen LogP contribution in [0.15, 0.2) is 78.9 Å². The number of rotatable bonds is 6. The van der Waals surface area contributed by atoms with Crippen LogP contribution in [0.3, 0.4) is 0 Å². The highest BCUT2D eigenvalue weighted by Crippen LogP contribution is 2.35. The molecule has 0 fully saturated rings. The van der Waals surface area contributed by atoms with Crippen LogP contribution in [0.25, 0.3) is 23.1 Å². The van der Waals surface area contributed by atoms with Crippen molar-refractivity contribution < 1.29 is 9.90 Å². The van der Waals surface area contributed by atoms with Crippen LogP contribution in [0.5, 0.6) is 0 Å². The van der Waals surface area contributed by atoms with Gasteiger partial charge in [-0.3, -0.25) is 4.79 Å². The molecule has 1 atom stereocenters. The summed E-state index contributed by atoms with van der Waals surface area (Å²) >= 11 is 6.10. The van der Waals surface area contributed by atoms with Gasteiger partial charge in [-0.05, 0) is 60.4 Å². The highest BCUT2D eigenvalue weighted by molar-refractivity contribution is 6.31. The molecule has 4 aromatic rings. The van der Waals surface area contributed by atoms with E-state index < -0.39 is 5.60 Å². The van der Waals surface area contributed by atoms with Gasteiger partial charge < -0.3 is 5.11 Å². The first kappa shape index (κ1) is 21.9. The molecule has 0 saturated carbocycles. The van der Waals surface area contributed by atoms with Crippen molar-refractivity contribution in [1.82, 2.24) is 4.98 Å². The Labute approximate surface area is 193 Å². The lowest BCUT2D eigenvalue weighted by Crippen LogP contribution is -2.28. The van der Waals surface area contributed by atoms with E-state index in [1.165, 1.54) is 6.92 Å². The summed E-state index contributed by atoms with van der Waals surface area (Å²) in [4.78, 5) is 16.8. The van der Waals surface area contributed by atoms with E-state index >= 15 is 0 Å². The molecule has 1 heterocycles. The SMILES string of the molecule is CC[C@](O)(c1cccc(C=Cc2ccc3ccc(Cl)cc3n2)c1)c1ccccc1C(C)=O. The molecule has 3 nitrogen and oxygen atoms in total. The second kappa shape index (κ2) is 9.07. The predicted octanol–water partition coefficient (Wildman–Crippen LogP) is 6.91. The monoisotopic (exact) mass is 441 g/mol. The van der Waals surface area contributed by atoms with Crippen LogP contribution in [-0.4, -0.2) is 15.9 Å². The molecule has 1 aromatic heterocycles. The molecule has 0 aliphatic carbocycles. The van der Waals surface area contributed by atoms with E-state index in [9.17, 15) is 9.90 Å². The second-order valence-corrected chi connectivity index (χ2v) is 8.28. The number of nitrogens with zero attached hydrogens (tertiary/aromatic N) is 1. The van der Waals surface area contributed by atoms with Gasteiger partial charge in [-0.1, -0.05) is 79.2 Å². The van der Waals surface area contributed by atoms with E-state index in [2.05, 4.69) is 4.98 Å². The summed E-state index contributed by atoms with van der Waals surface area (Å²) < 4.78 is 0. The molecule has 0 amide bonds. The van der Waals surface area contributed by atoms with Gasteiger partial charge in [0.25, 0.3) is 0 Å². The normalized spacial score (nSPS) is 13.4. The Kier molecular flexibility index (Phi) is 6.22. The topological polar surface area (TPSA) is 50.2 Å². The molecule has 0 unspecified atom stereocenters. The number of fused-ring (bicyclic) bond motifs is 1. The summed E-state index contributed by atoms with van der Waals surface area (Å²) in [5, 5.41) is 13.3. The minimum atomic E-state index is -1.26. The maximum atomic E-state index is 12.2. The largest absolute Gasteiger partial charge is 0.380 e. The molecule has 3 aromatic carbocycles. The first-order chi connectivity index (χ1) is 15.4. The van der Waals surface area contributed by atoms with Crippen molar-refractivity contribution in [1.29, 1.82) is 0 Å². The molecule has 32 heavy (non-hydrogen) atoms. The van der Waals surface area contributed by atoms with Gasteiger partial charge in [-0.15, -0.1) is 0 Å². The molecule has 4 rings (SSSR count). The lowest BCUT2D eigenvalue weighted by Gasteiger charge is -2.30. The zero-order valence-corrected chi connectivity index (χ0v) is 18.8. The van der Waals surface area contributed by atoms with E-state index in [1.807, 2.05) is 91.9 Å². The third kappa shape index (κ3) is 4.36. The van der Waals surface area contributed by atoms with Gasteiger partial charge in [0.15, 0.2) is 5.78 Å². The highest BCUT2D eigenvalue weighted by Gasteiger charge is 2.32. The number of hydrogen-bond donors (Lipinski definition) is 1. The summed E-state index contributed by atoms with van der Waals surface area (Å²) in [5.41, 5.74) is 3.24. The Morgan fingerprint density at radius 3 is 2.56 bits per heavy atom. The van der Waals surface area contributed by atoms with E-state index in [0.29, 0.717) is 22.6 Å². The van der Waals surface area contributed by atoms with Crippen molar-refractivity contribution in [2.24, 2.45) is 0 Å². The van der Waals surface area contributed by atoms with Crippen LogP contribution >= 0.6 is 11.6 Å². The molecule has 0 spiro atoms. The predicted molar refractivity (Wildman–Crippen MR) is 132 cm³/mol. The summed E-state index contributed by atoms with van der Waals surface area (Å²) in [5.74, 6) is -0.0639. The van der Waals surface area contributed by atoms with Crippen LogP contribution in [0.2, 0.25) is 5.02 Å². The Bertz CT molecular complexity index is 1330. The van der Waals surface area contributed by atoms with Crippen molar-refractivity contribution in [3.05, 3.63) is 112 Å². The van der Waals surface area contributed by atoms with Crippen molar-refractivity contribution in [2.75, 3.05) is 0 Å². The fourth-order valence-corrected chi connectivity index (χ4v) is 4.15. The fourth-order valence-electron chi connectivity index (χ4n) is 3.98. The highest BCUT2D eigenvalue weighted by atomic mass is 35.5. The summed E-state index contributed by atoms with van der Waals surface area (Å²) in [6.07, 6.45) is 4.35. The van der Waals surface area contributed by atoms with Gasteiger partial charge in [0.2, 0.25) is 0 Å². The first-order valence-corrected chi connectivity index (χ1v) is 11.0. The molecule has 0 saturated heterocycles. The molecule has 0 radical (unpaired) electrons. The Hall–Kier alpha value is -3.27. The number of halogens is 1. The van der Waals surface area contributed by atoms with Gasteiger partial charge in [0.05, 0.1) is 11.2 Å². The Morgan fingerprint density at radius 2 is 1.78 bits per heavy atom. The Balaban J connectivity index is 1.69. The number of pyridine rings is 1. The second-order valence-electron chi connectivity index (χ2n) is 7.85. The summed E-state index contributed by atoms with van der Waals surface area (Å²) in [6, 6.07) is 24.6. The van der Waals surface area contributed by atoms with E-state index in [0.717, 1.165) is 27.7 Å². The van der Waals surface area contributed by atoms with Gasteiger partial charge in [-0.2, -0.15) is 0 Å². The molecule has 0 aliphatic rings. The van der Waals surface area contributed by atoms with Gasteiger partial charge in [0, 0.05) is 16.0 Å². The van der Waals surface area contributed by atoms with E-state index in [4.69, 9.17) is 11.6 Å². The van der Waals surface area contributed by atoms with Crippen LogP contribution < -0.4 is 0 Å². The average Bonchev–Trinajstić information content (AvgIpc) is 2.82. The quantitative estimate of drug-likeness (QED) is 0.331. The number of aliphatic hydroxyl groups is 1. The number of benzene rings is 3. The van der Waals surface area contributed by atoms with Crippen LogP contribution in [-0.2, 0) is 5.60 Å². The molecular formula is C28H24ClNO2. The Morgan fingerprint density at radius 1 is 1.00 bits per heavy atom. The maximum absolute atomic E-state index is 12.2.